The number of aromatic nitrogens is 1. The van der Waals surface area contributed by atoms with Crippen LogP contribution < -0.4 is 24.3 Å². The first-order chi connectivity index (χ1) is 28.3. The highest BCUT2D eigenvalue weighted by atomic mass is 35.5. The van der Waals surface area contributed by atoms with Gasteiger partial charge < -0.3 is 34.1 Å². The molecule has 0 saturated heterocycles. The average Bonchev–Trinajstić information content (AvgIpc) is 3.21. The molecule has 59 heavy (non-hydrogen) atoms. The van der Waals surface area contributed by atoms with Gasteiger partial charge in [0.05, 0.1) is 22.7 Å². The number of nitrogens with zero attached hydrogens (tertiary/aromatic N) is 2. The zero-order valence-electron chi connectivity index (χ0n) is 32.9. The molecular formula is C45H43Cl2N3O9. The zero-order valence-corrected chi connectivity index (χ0v) is 34.4. The molecule has 2 N–H and O–H groups in total. The van der Waals surface area contributed by atoms with E-state index in [0.29, 0.717) is 51.0 Å². The van der Waals surface area contributed by atoms with Crippen LogP contribution in [0.4, 0.5) is 4.79 Å². The highest BCUT2D eigenvalue weighted by molar-refractivity contribution is 6.42. The Hall–Kier alpha value is -5.98. The molecule has 12 nitrogen and oxygen atoms in total. The van der Waals surface area contributed by atoms with Gasteiger partial charge in [0.25, 0.3) is 0 Å². The minimum absolute atomic E-state index is 0.00281. The van der Waals surface area contributed by atoms with Gasteiger partial charge in [0.2, 0.25) is 5.91 Å². The summed E-state index contributed by atoms with van der Waals surface area (Å²) in [6, 6.07) is 23.0. The molecule has 0 radical (unpaired) electrons. The summed E-state index contributed by atoms with van der Waals surface area (Å²) in [7, 11) is 0. The standard InChI is InChI=1S/C45H43Cl2N3O9/c1-25(2)57-45(54)50-22-32-21-41-40(56-24-42(59-41)30-8-12-33(13-9-30)55-23-29-7-14-35(46)36(47)17-29)20-31(32)19-38(50)43(51)49-37(44(52)53)18-28-5-10-34(11-6-28)58-39-15-16-48-27(4)26(39)3/h5-17,20-21,25,37-38,42H,18-19,22-24H2,1-4H3,(H,49,51)(H,52,53)/t37-,38-,42+/m0/s1. The number of carbonyl (C=O) groups is 3. The van der Waals surface area contributed by atoms with Crippen LogP contribution in [0, 0.1) is 13.8 Å². The third-order valence-corrected chi connectivity index (χ3v) is 10.9. The van der Waals surface area contributed by atoms with Gasteiger partial charge in [-0.3, -0.25) is 14.7 Å². The van der Waals surface area contributed by atoms with Gasteiger partial charge in [-0.05, 0) is 110 Å². The smallest absolute Gasteiger partial charge is 0.411 e. The second-order valence-electron chi connectivity index (χ2n) is 14.7. The van der Waals surface area contributed by atoms with Crippen molar-refractivity contribution < 1.29 is 43.2 Å². The number of ether oxygens (including phenoxy) is 5. The fraction of sp³-hybridized carbons (Fsp3) is 0.289. The van der Waals surface area contributed by atoms with E-state index in [4.69, 9.17) is 46.9 Å². The maximum atomic E-state index is 14.0. The van der Waals surface area contributed by atoms with E-state index in [1.54, 1.807) is 62.5 Å². The molecule has 14 heteroatoms. The van der Waals surface area contributed by atoms with Crippen molar-refractivity contribution >= 4 is 41.2 Å². The zero-order chi connectivity index (χ0) is 41.8. The van der Waals surface area contributed by atoms with E-state index in [1.807, 2.05) is 56.3 Å². The molecular weight excluding hydrogens is 797 g/mol. The van der Waals surface area contributed by atoms with Crippen LogP contribution in [0.5, 0.6) is 28.7 Å². The predicted octanol–water partition coefficient (Wildman–Crippen LogP) is 8.97. The number of carbonyl (C=O) groups excluding carboxylic acids is 2. The van der Waals surface area contributed by atoms with E-state index < -0.39 is 42.3 Å². The normalized spacial score (nSPS) is 16.2. The molecule has 0 unspecified atom stereocenters. The number of hydrogen-bond acceptors (Lipinski definition) is 9. The van der Waals surface area contributed by atoms with E-state index in [-0.39, 0.29) is 26.0 Å². The summed E-state index contributed by atoms with van der Waals surface area (Å²) < 4.78 is 30.1. The Morgan fingerprint density at radius 1 is 0.898 bits per heavy atom. The minimum Gasteiger partial charge on any atom is -0.489 e. The van der Waals surface area contributed by atoms with Gasteiger partial charge in [0.1, 0.15) is 42.5 Å². The lowest BCUT2D eigenvalue weighted by molar-refractivity contribution is -0.142. The van der Waals surface area contributed by atoms with Crippen molar-refractivity contribution in [1.82, 2.24) is 15.2 Å². The summed E-state index contributed by atoms with van der Waals surface area (Å²) in [5, 5.41) is 13.8. The Bertz CT molecular complexity index is 2360. The number of aliphatic carboxylic acids is 1. The number of rotatable bonds is 12. The Morgan fingerprint density at radius 3 is 2.32 bits per heavy atom. The topological polar surface area (TPSA) is 146 Å². The molecule has 0 fully saturated rings. The number of halogens is 2. The average molecular weight is 841 g/mol. The van der Waals surface area contributed by atoms with E-state index in [9.17, 15) is 19.5 Å². The fourth-order valence-corrected chi connectivity index (χ4v) is 7.16. The van der Waals surface area contributed by atoms with Crippen LogP contribution in [0.2, 0.25) is 10.0 Å². The Labute approximate surface area is 351 Å². The molecule has 4 aromatic carbocycles. The number of amides is 2. The quantitative estimate of drug-likeness (QED) is 0.125. The van der Waals surface area contributed by atoms with Crippen LogP contribution >= 0.6 is 23.2 Å². The van der Waals surface area contributed by atoms with Crippen molar-refractivity contribution in [3.63, 3.8) is 0 Å². The number of carboxylic acids is 1. The lowest BCUT2D eigenvalue weighted by atomic mass is 9.92. The second kappa shape index (κ2) is 17.9. The minimum atomic E-state index is -1.27. The molecule has 5 aromatic rings. The molecule has 2 aliphatic rings. The van der Waals surface area contributed by atoms with Gasteiger partial charge in [0.15, 0.2) is 17.6 Å². The van der Waals surface area contributed by atoms with Gasteiger partial charge >= 0.3 is 12.1 Å². The summed E-state index contributed by atoms with van der Waals surface area (Å²) in [5.41, 5.74) is 5.72. The van der Waals surface area contributed by atoms with Crippen LogP contribution in [-0.2, 0) is 40.3 Å². The van der Waals surface area contributed by atoms with Gasteiger partial charge in [-0.15, -0.1) is 0 Å². The second-order valence-corrected chi connectivity index (χ2v) is 15.6. The Kier molecular flexibility index (Phi) is 12.5. The van der Waals surface area contributed by atoms with Crippen LogP contribution in [0.3, 0.4) is 0 Å². The largest absolute Gasteiger partial charge is 0.489 e. The number of fused-ring (bicyclic) bond motifs is 2. The van der Waals surface area contributed by atoms with Crippen molar-refractivity contribution in [3.8, 4) is 28.7 Å². The van der Waals surface area contributed by atoms with Crippen LogP contribution in [-0.4, -0.2) is 57.8 Å². The SMILES string of the molecule is Cc1nccc(Oc2ccc(C[C@H](NC(=O)[C@@H]3Cc4cc5c(cc4CN3C(=O)OC(C)C)O[C@@H](c3ccc(OCc4ccc(Cl)c(Cl)c4)cc3)CO5)C(=O)O)cc2)c1C. The molecule has 0 spiro atoms. The highest BCUT2D eigenvalue weighted by Gasteiger charge is 2.39. The predicted molar refractivity (Wildman–Crippen MR) is 221 cm³/mol. The number of pyridine rings is 1. The third-order valence-electron chi connectivity index (χ3n) is 10.2. The molecule has 0 saturated carbocycles. The first-order valence-corrected chi connectivity index (χ1v) is 19.9. The Balaban J connectivity index is 1.02. The monoisotopic (exact) mass is 839 g/mol. The van der Waals surface area contributed by atoms with Gasteiger partial charge in [-0.1, -0.05) is 53.5 Å². The van der Waals surface area contributed by atoms with E-state index in [2.05, 4.69) is 10.3 Å². The summed E-state index contributed by atoms with van der Waals surface area (Å²) in [4.78, 5) is 45.5. The van der Waals surface area contributed by atoms with E-state index in [0.717, 1.165) is 33.5 Å². The molecule has 3 heterocycles. The molecule has 7 rings (SSSR count). The number of carboxylic acid groups (broad SMARTS) is 1. The molecule has 0 aliphatic carbocycles. The van der Waals surface area contributed by atoms with Crippen molar-refractivity contribution in [2.24, 2.45) is 0 Å². The van der Waals surface area contributed by atoms with Crippen molar-refractivity contribution in [3.05, 3.63) is 140 Å². The molecule has 0 bridgehead atoms. The molecule has 306 valence electrons. The van der Waals surface area contributed by atoms with Crippen molar-refractivity contribution in [1.29, 1.82) is 0 Å². The number of hydrogen-bond donors (Lipinski definition) is 2. The number of nitrogens with one attached hydrogen (secondary N) is 1. The van der Waals surface area contributed by atoms with E-state index in [1.165, 1.54) is 4.90 Å². The highest BCUT2D eigenvalue weighted by Crippen LogP contribution is 2.41. The van der Waals surface area contributed by atoms with Gasteiger partial charge in [0, 0.05) is 30.3 Å². The summed E-state index contributed by atoms with van der Waals surface area (Å²) >= 11 is 12.2. The van der Waals surface area contributed by atoms with Gasteiger partial charge in [-0.25, -0.2) is 9.59 Å². The molecule has 2 amide bonds. The molecule has 3 atom stereocenters. The van der Waals surface area contributed by atoms with E-state index >= 15 is 0 Å². The summed E-state index contributed by atoms with van der Waals surface area (Å²) in [6.45, 7) is 7.85. The third kappa shape index (κ3) is 9.84. The fourth-order valence-electron chi connectivity index (χ4n) is 6.84. The maximum absolute atomic E-state index is 14.0. The lowest BCUT2D eigenvalue weighted by Crippen LogP contribution is -2.56. The summed E-state index contributed by atoms with van der Waals surface area (Å²) in [5.74, 6) is 1.07. The number of benzene rings is 4. The molecule has 1 aromatic heterocycles. The first-order valence-electron chi connectivity index (χ1n) is 19.1. The Morgan fingerprint density at radius 2 is 1.61 bits per heavy atom. The summed E-state index contributed by atoms with van der Waals surface area (Å²) in [6.07, 6.45) is 0.217. The maximum Gasteiger partial charge on any atom is 0.411 e. The van der Waals surface area contributed by atoms with Crippen LogP contribution in [0.25, 0.3) is 0 Å². The first kappa shape index (κ1) is 41.2. The van der Waals surface area contributed by atoms with Crippen LogP contribution in [0.1, 0.15) is 59.0 Å². The van der Waals surface area contributed by atoms with Crippen LogP contribution in [0.15, 0.2) is 91.1 Å². The van der Waals surface area contributed by atoms with Crippen molar-refractivity contribution in [2.45, 2.75) is 78.0 Å². The molecule has 2 aliphatic heterocycles. The van der Waals surface area contributed by atoms with Crippen molar-refractivity contribution in [2.75, 3.05) is 6.61 Å². The lowest BCUT2D eigenvalue weighted by Gasteiger charge is -2.37. The van der Waals surface area contributed by atoms with Gasteiger partial charge in [-0.2, -0.15) is 0 Å². The number of aryl methyl sites for hydroxylation is 1.